The van der Waals surface area contributed by atoms with E-state index in [0.717, 1.165) is 23.1 Å². The third-order valence-electron chi connectivity index (χ3n) is 3.88. The van der Waals surface area contributed by atoms with Gasteiger partial charge in [0, 0.05) is 4.88 Å². The zero-order valence-electron chi connectivity index (χ0n) is 9.84. The van der Waals surface area contributed by atoms with Crippen molar-refractivity contribution in [3.8, 4) is 0 Å². The maximum atomic E-state index is 6.56. The highest BCUT2D eigenvalue weighted by atomic mass is 35.5. The lowest BCUT2D eigenvalue weighted by molar-refractivity contribution is 0.378. The fourth-order valence-electron chi connectivity index (χ4n) is 2.67. The number of hydrogen-bond acceptors (Lipinski definition) is 2. The summed E-state index contributed by atoms with van der Waals surface area (Å²) in [6, 6.07) is 4.08. The monoisotopic (exact) mass is 257 g/mol. The average molecular weight is 258 g/mol. The molecule has 2 unspecified atom stereocenters. The number of nitrogens with two attached hydrogens (primary N) is 1. The standard InChI is InChI=1S/C13H20ClNS/c1-2-10-4-3-8-13(15,9-7-10)11-5-6-12(14)16-11/h5-6,10H,2-4,7-9,15H2,1H3. The first-order chi connectivity index (χ1) is 7.64. The van der Waals surface area contributed by atoms with Crippen molar-refractivity contribution in [3.63, 3.8) is 0 Å². The minimum atomic E-state index is -0.109. The Morgan fingerprint density at radius 1 is 1.44 bits per heavy atom. The van der Waals surface area contributed by atoms with Crippen LogP contribution in [-0.4, -0.2) is 0 Å². The Morgan fingerprint density at radius 3 is 2.88 bits per heavy atom. The van der Waals surface area contributed by atoms with E-state index in [0.29, 0.717) is 0 Å². The molecule has 2 rings (SSSR count). The summed E-state index contributed by atoms with van der Waals surface area (Å²) in [6.07, 6.45) is 7.38. The van der Waals surface area contributed by atoms with Crippen molar-refractivity contribution in [1.29, 1.82) is 0 Å². The van der Waals surface area contributed by atoms with Crippen LogP contribution in [0.3, 0.4) is 0 Å². The minimum absolute atomic E-state index is 0.109. The molecular formula is C13H20ClNS. The van der Waals surface area contributed by atoms with Gasteiger partial charge in [0.05, 0.1) is 9.88 Å². The normalized spacial score (nSPS) is 31.3. The summed E-state index contributed by atoms with van der Waals surface area (Å²) in [7, 11) is 0. The molecular weight excluding hydrogens is 238 g/mol. The van der Waals surface area contributed by atoms with Crippen molar-refractivity contribution in [2.45, 2.75) is 51.0 Å². The number of hydrogen-bond donors (Lipinski definition) is 1. The van der Waals surface area contributed by atoms with Gasteiger partial charge in [-0.1, -0.05) is 37.8 Å². The van der Waals surface area contributed by atoms with Crippen molar-refractivity contribution in [3.05, 3.63) is 21.3 Å². The molecule has 1 aromatic rings. The van der Waals surface area contributed by atoms with Gasteiger partial charge in [-0.3, -0.25) is 0 Å². The van der Waals surface area contributed by atoms with Gasteiger partial charge in [0.1, 0.15) is 0 Å². The predicted molar refractivity (Wildman–Crippen MR) is 72.1 cm³/mol. The molecule has 0 bridgehead atoms. The van der Waals surface area contributed by atoms with Crippen LogP contribution in [0.1, 0.15) is 50.3 Å². The smallest absolute Gasteiger partial charge is 0.0931 e. The second-order valence-corrected chi connectivity index (χ2v) is 6.68. The first-order valence-electron chi connectivity index (χ1n) is 6.19. The van der Waals surface area contributed by atoms with E-state index in [4.69, 9.17) is 17.3 Å². The van der Waals surface area contributed by atoms with E-state index in [9.17, 15) is 0 Å². The molecule has 1 saturated carbocycles. The van der Waals surface area contributed by atoms with Crippen LogP contribution in [0.4, 0.5) is 0 Å². The molecule has 16 heavy (non-hydrogen) atoms. The Bertz CT molecular complexity index is 349. The first kappa shape index (κ1) is 12.4. The highest BCUT2D eigenvalue weighted by Crippen LogP contribution is 2.40. The van der Waals surface area contributed by atoms with E-state index in [1.54, 1.807) is 11.3 Å². The Balaban J connectivity index is 2.13. The molecule has 2 atom stereocenters. The van der Waals surface area contributed by atoms with Crippen LogP contribution in [0.2, 0.25) is 4.34 Å². The van der Waals surface area contributed by atoms with E-state index in [-0.39, 0.29) is 5.54 Å². The quantitative estimate of drug-likeness (QED) is 0.773. The number of rotatable bonds is 2. The fraction of sp³-hybridized carbons (Fsp3) is 0.692. The summed E-state index contributed by atoms with van der Waals surface area (Å²) in [5.41, 5.74) is 6.45. The van der Waals surface area contributed by atoms with Crippen molar-refractivity contribution < 1.29 is 0 Å². The molecule has 1 nitrogen and oxygen atoms in total. The van der Waals surface area contributed by atoms with Gasteiger partial charge in [-0.15, -0.1) is 11.3 Å². The van der Waals surface area contributed by atoms with Gasteiger partial charge in [-0.05, 0) is 37.3 Å². The Hall–Kier alpha value is -0.0500. The lowest BCUT2D eigenvalue weighted by Gasteiger charge is -2.26. The van der Waals surface area contributed by atoms with Crippen LogP contribution in [0.5, 0.6) is 0 Å². The highest BCUT2D eigenvalue weighted by molar-refractivity contribution is 7.16. The Labute approximate surface area is 107 Å². The van der Waals surface area contributed by atoms with Crippen LogP contribution < -0.4 is 5.73 Å². The summed E-state index contributed by atoms with van der Waals surface area (Å²) in [5, 5.41) is 0. The molecule has 0 spiro atoms. The molecule has 1 heterocycles. The SMILES string of the molecule is CCC1CCCC(N)(c2ccc(Cl)s2)CC1. The van der Waals surface area contributed by atoms with Crippen LogP contribution in [0.25, 0.3) is 0 Å². The lowest BCUT2D eigenvalue weighted by atomic mass is 9.89. The summed E-state index contributed by atoms with van der Waals surface area (Å²) in [4.78, 5) is 1.27. The molecule has 0 amide bonds. The third-order valence-corrected chi connectivity index (χ3v) is 5.33. The third kappa shape index (κ3) is 2.61. The molecule has 1 aliphatic rings. The van der Waals surface area contributed by atoms with Gasteiger partial charge in [-0.2, -0.15) is 0 Å². The van der Waals surface area contributed by atoms with E-state index in [2.05, 4.69) is 13.0 Å². The highest BCUT2D eigenvalue weighted by Gasteiger charge is 2.31. The largest absolute Gasteiger partial charge is 0.321 e. The van der Waals surface area contributed by atoms with Crippen molar-refractivity contribution >= 4 is 22.9 Å². The van der Waals surface area contributed by atoms with Crippen LogP contribution in [0.15, 0.2) is 12.1 Å². The van der Waals surface area contributed by atoms with Crippen LogP contribution in [0, 0.1) is 5.92 Å². The molecule has 1 fully saturated rings. The molecule has 0 saturated heterocycles. The fourth-order valence-corrected chi connectivity index (χ4v) is 3.88. The predicted octanol–water partition coefficient (Wildman–Crippen LogP) is 4.55. The van der Waals surface area contributed by atoms with E-state index >= 15 is 0 Å². The molecule has 0 aliphatic heterocycles. The van der Waals surface area contributed by atoms with Crippen LogP contribution >= 0.6 is 22.9 Å². The van der Waals surface area contributed by atoms with E-state index < -0.39 is 0 Å². The Morgan fingerprint density at radius 2 is 2.25 bits per heavy atom. The first-order valence-corrected chi connectivity index (χ1v) is 7.38. The number of halogens is 1. The molecule has 1 aromatic heterocycles. The molecule has 0 aromatic carbocycles. The summed E-state index contributed by atoms with van der Waals surface area (Å²) >= 11 is 7.65. The maximum Gasteiger partial charge on any atom is 0.0931 e. The van der Waals surface area contributed by atoms with Crippen molar-refractivity contribution in [1.82, 2.24) is 0 Å². The minimum Gasteiger partial charge on any atom is -0.321 e. The van der Waals surface area contributed by atoms with Gasteiger partial charge in [0.15, 0.2) is 0 Å². The summed E-state index contributed by atoms with van der Waals surface area (Å²) < 4.78 is 0.858. The van der Waals surface area contributed by atoms with Gasteiger partial charge in [0.25, 0.3) is 0 Å². The zero-order chi connectivity index (χ0) is 11.6. The maximum absolute atomic E-state index is 6.56. The second kappa shape index (κ2) is 5.07. The van der Waals surface area contributed by atoms with Crippen LogP contribution in [-0.2, 0) is 5.54 Å². The molecule has 1 aliphatic carbocycles. The van der Waals surface area contributed by atoms with Crippen molar-refractivity contribution in [2.24, 2.45) is 11.7 Å². The van der Waals surface area contributed by atoms with Gasteiger partial charge < -0.3 is 5.73 Å². The summed E-state index contributed by atoms with van der Waals surface area (Å²) in [6.45, 7) is 2.29. The number of thiophene rings is 1. The Kier molecular flexibility index (Phi) is 3.93. The average Bonchev–Trinajstić information content (AvgIpc) is 2.61. The zero-order valence-corrected chi connectivity index (χ0v) is 11.4. The van der Waals surface area contributed by atoms with E-state index in [1.807, 2.05) is 6.07 Å². The molecule has 90 valence electrons. The van der Waals surface area contributed by atoms with Gasteiger partial charge in [0.2, 0.25) is 0 Å². The van der Waals surface area contributed by atoms with Gasteiger partial charge >= 0.3 is 0 Å². The molecule has 0 radical (unpaired) electrons. The molecule has 2 N–H and O–H groups in total. The molecule has 3 heteroatoms. The van der Waals surface area contributed by atoms with Crippen molar-refractivity contribution in [2.75, 3.05) is 0 Å². The summed E-state index contributed by atoms with van der Waals surface area (Å²) in [5.74, 6) is 0.876. The second-order valence-electron chi connectivity index (χ2n) is 4.97. The topological polar surface area (TPSA) is 26.0 Å². The lowest BCUT2D eigenvalue weighted by Crippen LogP contribution is -2.35. The van der Waals surface area contributed by atoms with E-state index in [1.165, 1.54) is 30.6 Å². The van der Waals surface area contributed by atoms with Gasteiger partial charge in [-0.25, -0.2) is 0 Å².